The van der Waals surface area contributed by atoms with Gasteiger partial charge in [-0.15, -0.1) is 0 Å². The van der Waals surface area contributed by atoms with Crippen LogP contribution in [0, 0.1) is 11.8 Å². The van der Waals surface area contributed by atoms with Crippen LogP contribution in [0.1, 0.15) is 84.5 Å². The number of hydrogen-bond donors (Lipinski definition) is 2. The maximum Gasteiger partial charge on any atom is 0.305 e. The molecule has 5 heteroatoms. The van der Waals surface area contributed by atoms with Gasteiger partial charge in [0.2, 0.25) is 0 Å². The summed E-state index contributed by atoms with van der Waals surface area (Å²) in [5, 5.41) is 20.6. The molecule has 156 valence electrons. The molecule has 27 heavy (non-hydrogen) atoms. The van der Waals surface area contributed by atoms with E-state index < -0.39 is 11.7 Å². The van der Waals surface area contributed by atoms with Gasteiger partial charge in [0, 0.05) is 24.7 Å². The van der Waals surface area contributed by atoms with Crippen molar-refractivity contribution >= 4 is 11.8 Å². The van der Waals surface area contributed by atoms with Gasteiger partial charge in [-0.3, -0.25) is 9.59 Å². The molecule has 5 nitrogen and oxygen atoms in total. The Morgan fingerprint density at radius 3 is 2.63 bits per heavy atom. The molecule has 1 unspecified atom stereocenters. The minimum absolute atomic E-state index is 0.127. The van der Waals surface area contributed by atoms with E-state index in [4.69, 9.17) is 0 Å². The van der Waals surface area contributed by atoms with Gasteiger partial charge in [-0.1, -0.05) is 51.2 Å². The number of hydrogen-bond acceptors (Lipinski definition) is 5. The zero-order valence-electron chi connectivity index (χ0n) is 17.3. The van der Waals surface area contributed by atoms with Crippen LogP contribution in [0.5, 0.6) is 0 Å². The molecule has 2 N–H and O–H groups in total. The van der Waals surface area contributed by atoms with Gasteiger partial charge in [-0.05, 0) is 32.6 Å². The third-order valence-corrected chi connectivity index (χ3v) is 5.59. The molecule has 4 atom stereocenters. The number of carbonyl (C=O) groups is 2. The van der Waals surface area contributed by atoms with Crippen molar-refractivity contribution < 1.29 is 24.5 Å². The van der Waals surface area contributed by atoms with E-state index in [-0.39, 0.29) is 30.0 Å². The molecular weight excluding hydrogens is 344 g/mol. The molecule has 0 radical (unpaired) electrons. The smallest absolute Gasteiger partial charge is 0.305 e. The number of Topliss-reactive ketones (excluding diaryl/α,β-unsaturated/α-hetero) is 1. The second-order valence-corrected chi connectivity index (χ2v) is 8.18. The maximum atomic E-state index is 12.2. The summed E-state index contributed by atoms with van der Waals surface area (Å²) in [5.41, 5.74) is -0.727. The number of ether oxygens (including phenoxy) is 1. The lowest BCUT2D eigenvalue weighted by molar-refractivity contribution is -0.140. The molecule has 0 amide bonds. The van der Waals surface area contributed by atoms with Crippen molar-refractivity contribution in [1.29, 1.82) is 0 Å². The van der Waals surface area contributed by atoms with Crippen molar-refractivity contribution in [2.45, 2.75) is 96.2 Å². The lowest BCUT2D eigenvalue weighted by Crippen LogP contribution is -2.23. The summed E-state index contributed by atoms with van der Waals surface area (Å²) in [4.78, 5) is 23.3. The van der Waals surface area contributed by atoms with Gasteiger partial charge in [-0.25, -0.2) is 0 Å². The molecule has 0 aromatic carbocycles. The van der Waals surface area contributed by atoms with Crippen molar-refractivity contribution in [3.8, 4) is 0 Å². The molecule has 0 bridgehead atoms. The van der Waals surface area contributed by atoms with Crippen LogP contribution in [0.15, 0.2) is 12.2 Å². The number of carbonyl (C=O) groups excluding carboxylic acids is 2. The van der Waals surface area contributed by atoms with Crippen molar-refractivity contribution in [2.24, 2.45) is 11.8 Å². The fourth-order valence-corrected chi connectivity index (χ4v) is 3.82. The molecule has 0 spiro atoms. The van der Waals surface area contributed by atoms with E-state index in [9.17, 15) is 19.8 Å². The fourth-order valence-electron chi connectivity index (χ4n) is 3.82. The Balaban J connectivity index is 2.42. The summed E-state index contributed by atoms with van der Waals surface area (Å²) in [7, 11) is 1.40. The van der Waals surface area contributed by atoms with Crippen molar-refractivity contribution in [3.63, 3.8) is 0 Å². The molecule has 1 rings (SSSR count). The zero-order chi connectivity index (χ0) is 20.3. The third kappa shape index (κ3) is 9.02. The minimum Gasteiger partial charge on any atom is -0.469 e. The number of rotatable bonds is 13. The Kier molecular flexibility index (Phi) is 10.9. The largest absolute Gasteiger partial charge is 0.469 e. The molecule has 0 aromatic rings. The molecule has 0 saturated heterocycles. The molecule has 0 aliphatic heterocycles. The average Bonchev–Trinajstić information content (AvgIpc) is 2.89. The van der Waals surface area contributed by atoms with E-state index in [0.29, 0.717) is 12.8 Å². The first-order valence-electron chi connectivity index (χ1n) is 10.5. The quantitative estimate of drug-likeness (QED) is 0.286. The summed E-state index contributed by atoms with van der Waals surface area (Å²) < 4.78 is 4.62. The topological polar surface area (TPSA) is 83.8 Å². The van der Waals surface area contributed by atoms with Crippen molar-refractivity contribution in [3.05, 3.63) is 12.2 Å². The first-order valence-corrected chi connectivity index (χ1v) is 10.5. The van der Waals surface area contributed by atoms with Crippen LogP contribution in [0.4, 0.5) is 0 Å². The molecule has 0 aromatic heterocycles. The Morgan fingerprint density at radius 2 is 1.96 bits per heavy atom. The van der Waals surface area contributed by atoms with Crippen LogP contribution in [0.25, 0.3) is 0 Å². The summed E-state index contributed by atoms with van der Waals surface area (Å²) in [6, 6.07) is 0. The van der Waals surface area contributed by atoms with Crippen molar-refractivity contribution in [1.82, 2.24) is 0 Å². The molecular formula is C22H38O5. The van der Waals surface area contributed by atoms with Gasteiger partial charge in [0.15, 0.2) is 0 Å². The number of methoxy groups -OCH3 is 1. The monoisotopic (exact) mass is 382 g/mol. The number of unbranched alkanes of at least 4 members (excludes halogenated alkanes) is 4. The summed E-state index contributed by atoms with van der Waals surface area (Å²) in [5.74, 6) is -0.305. The van der Waals surface area contributed by atoms with Gasteiger partial charge in [0.1, 0.15) is 5.78 Å². The van der Waals surface area contributed by atoms with E-state index in [0.717, 1.165) is 51.4 Å². The van der Waals surface area contributed by atoms with Gasteiger partial charge >= 0.3 is 5.97 Å². The van der Waals surface area contributed by atoms with Crippen LogP contribution in [-0.4, -0.2) is 40.8 Å². The van der Waals surface area contributed by atoms with Gasteiger partial charge in [0.05, 0.1) is 18.8 Å². The first-order chi connectivity index (χ1) is 12.8. The molecule has 0 heterocycles. The highest BCUT2D eigenvalue weighted by atomic mass is 16.5. The highest BCUT2D eigenvalue weighted by Gasteiger charge is 2.39. The maximum absolute atomic E-state index is 12.2. The van der Waals surface area contributed by atoms with Crippen LogP contribution in [0.3, 0.4) is 0 Å². The normalized spacial score (nSPS) is 25.1. The van der Waals surface area contributed by atoms with Crippen LogP contribution >= 0.6 is 0 Å². The Morgan fingerprint density at radius 1 is 1.26 bits per heavy atom. The highest BCUT2D eigenvalue weighted by Crippen LogP contribution is 2.34. The third-order valence-electron chi connectivity index (χ3n) is 5.59. The van der Waals surface area contributed by atoms with Crippen molar-refractivity contribution in [2.75, 3.05) is 7.11 Å². The number of ketones is 1. The molecule has 1 fully saturated rings. The van der Waals surface area contributed by atoms with E-state index in [2.05, 4.69) is 11.7 Å². The predicted octanol–water partition coefficient (Wildman–Crippen LogP) is 3.95. The van der Waals surface area contributed by atoms with Gasteiger partial charge < -0.3 is 14.9 Å². The first kappa shape index (κ1) is 23.8. The number of aliphatic hydroxyl groups is 2. The SMILES string of the molecule is CCCC[C@](C)(O)C/C=C\C1[C@H](O)CC(=O)[C@@H]1CCCCCCC(=O)OC. The minimum atomic E-state index is -0.727. The van der Waals surface area contributed by atoms with Gasteiger partial charge in [0.25, 0.3) is 0 Å². The Hall–Kier alpha value is -1.20. The number of esters is 1. The van der Waals surface area contributed by atoms with E-state index >= 15 is 0 Å². The standard InChI is InChI=1S/C22H38O5/c1-4-5-14-22(2,26)15-10-12-18-17(19(23)16-20(18)24)11-8-6-7-9-13-21(25)27-3/h10,12,17-18,20,24,26H,4-9,11,13-16H2,1-3H3/b12-10-/t17-,18?,20-,22+/m1/s1. The summed E-state index contributed by atoms with van der Waals surface area (Å²) in [6.45, 7) is 3.95. The predicted molar refractivity (Wildman–Crippen MR) is 106 cm³/mol. The van der Waals surface area contributed by atoms with E-state index in [1.54, 1.807) is 0 Å². The summed E-state index contributed by atoms with van der Waals surface area (Å²) in [6.07, 6.45) is 11.7. The van der Waals surface area contributed by atoms with Crippen LogP contribution < -0.4 is 0 Å². The Bertz CT molecular complexity index is 483. The lowest BCUT2D eigenvalue weighted by atomic mass is 9.87. The highest BCUT2D eigenvalue weighted by molar-refractivity contribution is 5.84. The van der Waals surface area contributed by atoms with Crippen LogP contribution in [-0.2, 0) is 14.3 Å². The molecule has 1 aliphatic rings. The summed E-state index contributed by atoms with van der Waals surface area (Å²) >= 11 is 0. The fraction of sp³-hybridized carbons (Fsp3) is 0.818. The average molecular weight is 383 g/mol. The zero-order valence-corrected chi connectivity index (χ0v) is 17.3. The van der Waals surface area contributed by atoms with Crippen LogP contribution in [0.2, 0.25) is 0 Å². The van der Waals surface area contributed by atoms with E-state index in [1.807, 2.05) is 19.1 Å². The molecule has 1 saturated carbocycles. The van der Waals surface area contributed by atoms with Gasteiger partial charge in [-0.2, -0.15) is 0 Å². The second-order valence-electron chi connectivity index (χ2n) is 8.18. The van der Waals surface area contributed by atoms with E-state index in [1.165, 1.54) is 7.11 Å². The second kappa shape index (κ2) is 12.3. The Labute approximate surface area is 164 Å². The number of aliphatic hydroxyl groups excluding tert-OH is 1. The lowest BCUT2D eigenvalue weighted by Gasteiger charge is -2.22. The molecule has 1 aliphatic carbocycles.